The van der Waals surface area contributed by atoms with E-state index in [-0.39, 0.29) is 5.41 Å². The maximum Gasteiger partial charge on any atom is 0.0683 e. The summed E-state index contributed by atoms with van der Waals surface area (Å²) in [7, 11) is 2.19. The van der Waals surface area contributed by atoms with Crippen molar-refractivity contribution in [1.82, 2.24) is 10.2 Å². The number of rotatable bonds is 6. The summed E-state index contributed by atoms with van der Waals surface area (Å²) in [4.78, 5) is 2.40. The average Bonchev–Trinajstić information content (AvgIpc) is 2.30. The molecule has 1 heterocycles. The third-order valence-corrected chi connectivity index (χ3v) is 3.59. The molecular formula is C14H27N3. The van der Waals surface area contributed by atoms with E-state index in [1.54, 1.807) is 0 Å². The summed E-state index contributed by atoms with van der Waals surface area (Å²) >= 11 is 0. The minimum atomic E-state index is -0.163. The van der Waals surface area contributed by atoms with Crippen LogP contribution in [0.1, 0.15) is 46.0 Å². The molecule has 0 saturated carbocycles. The van der Waals surface area contributed by atoms with Gasteiger partial charge in [-0.3, -0.25) is 0 Å². The van der Waals surface area contributed by atoms with Crippen LogP contribution in [0.4, 0.5) is 0 Å². The van der Waals surface area contributed by atoms with E-state index >= 15 is 0 Å². The minimum absolute atomic E-state index is 0.163. The molecule has 1 aliphatic heterocycles. The van der Waals surface area contributed by atoms with Crippen LogP contribution < -0.4 is 5.32 Å². The summed E-state index contributed by atoms with van der Waals surface area (Å²) in [5.74, 6) is 0. The third-order valence-electron chi connectivity index (χ3n) is 3.59. The monoisotopic (exact) mass is 237 g/mol. The Kier molecular flexibility index (Phi) is 5.94. The molecule has 0 aliphatic carbocycles. The largest absolute Gasteiger partial charge is 0.313 e. The van der Waals surface area contributed by atoms with Gasteiger partial charge in [0.15, 0.2) is 0 Å². The van der Waals surface area contributed by atoms with E-state index in [0.717, 1.165) is 25.9 Å². The number of nitrogens with zero attached hydrogens (tertiary/aromatic N) is 2. The zero-order valence-corrected chi connectivity index (χ0v) is 11.6. The van der Waals surface area contributed by atoms with E-state index in [9.17, 15) is 0 Å². The summed E-state index contributed by atoms with van der Waals surface area (Å²) in [5, 5.41) is 12.5. The molecule has 1 fully saturated rings. The second kappa shape index (κ2) is 6.98. The van der Waals surface area contributed by atoms with Gasteiger partial charge in [-0.25, -0.2) is 0 Å². The Bertz CT molecular complexity index is 249. The molecule has 0 radical (unpaired) electrons. The van der Waals surface area contributed by atoms with Crippen molar-refractivity contribution in [1.29, 1.82) is 5.26 Å². The number of likely N-dealkylation sites (N-methyl/N-ethyl adjacent to an activating group) is 1. The molecule has 0 bridgehead atoms. The molecule has 1 unspecified atom stereocenters. The average molecular weight is 237 g/mol. The van der Waals surface area contributed by atoms with E-state index in [1.165, 1.54) is 25.8 Å². The van der Waals surface area contributed by atoms with Crippen LogP contribution in [0.15, 0.2) is 0 Å². The van der Waals surface area contributed by atoms with Crippen LogP contribution >= 0.6 is 0 Å². The van der Waals surface area contributed by atoms with Crippen LogP contribution in [0.2, 0.25) is 0 Å². The first-order valence-corrected chi connectivity index (χ1v) is 6.87. The molecule has 1 saturated heterocycles. The SMILES string of the molecule is CN(CCCC(C)(C)C#N)CC1CCCCN1. The highest BCUT2D eigenvalue weighted by Gasteiger charge is 2.17. The van der Waals surface area contributed by atoms with Crippen molar-refractivity contribution in [3.05, 3.63) is 0 Å². The van der Waals surface area contributed by atoms with Crippen molar-refractivity contribution >= 4 is 0 Å². The van der Waals surface area contributed by atoms with Gasteiger partial charge >= 0.3 is 0 Å². The fraction of sp³-hybridized carbons (Fsp3) is 0.929. The Hall–Kier alpha value is -0.590. The predicted octanol–water partition coefficient (Wildman–Crippen LogP) is 2.39. The molecule has 1 N–H and O–H groups in total. The van der Waals surface area contributed by atoms with Gasteiger partial charge in [0.05, 0.1) is 11.5 Å². The van der Waals surface area contributed by atoms with Gasteiger partial charge in [-0.15, -0.1) is 0 Å². The van der Waals surface area contributed by atoms with Gasteiger partial charge in [-0.05, 0) is 59.7 Å². The predicted molar refractivity (Wildman–Crippen MR) is 71.8 cm³/mol. The lowest BCUT2D eigenvalue weighted by atomic mass is 9.90. The fourth-order valence-electron chi connectivity index (χ4n) is 2.39. The normalized spacial score (nSPS) is 21.5. The van der Waals surface area contributed by atoms with Crippen LogP contribution in [0.5, 0.6) is 0 Å². The van der Waals surface area contributed by atoms with E-state index in [0.29, 0.717) is 6.04 Å². The first-order chi connectivity index (χ1) is 8.03. The summed E-state index contributed by atoms with van der Waals surface area (Å²) in [6.45, 7) is 7.47. The highest BCUT2D eigenvalue weighted by molar-refractivity contribution is 4.91. The van der Waals surface area contributed by atoms with Gasteiger partial charge in [0.1, 0.15) is 0 Å². The van der Waals surface area contributed by atoms with Gasteiger partial charge in [0.2, 0.25) is 0 Å². The van der Waals surface area contributed by atoms with Gasteiger partial charge < -0.3 is 10.2 Å². The third kappa shape index (κ3) is 6.05. The number of nitrogens with one attached hydrogen (secondary N) is 1. The van der Waals surface area contributed by atoms with Gasteiger partial charge in [-0.2, -0.15) is 5.26 Å². The maximum atomic E-state index is 8.95. The highest BCUT2D eigenvalue weighted by atomic mass is 15.1. The summed E-state index contributed by atoms with van der Waals surface area (Å²) < 4.78 is 0. The molecule has 1 rings (SSSR count). The van der Waals surface area contributed by atoms with E-state index < -0.39 is 0 Å². The van der Waals surface area contributed by atoms with Crippen LogP contribution in [0, 0.1) is 16.7 Å². The first kappa shape index (κ1) is 14.5. The zero-order chi connectivity index (χ0) is 12.7. The quantitative estimate of drug-likeness (QED) is 0.771. The van der Waals surface area contributed by atoms with Gasteiger partial charge in [-0.1, -0.05) is 6.42 Å². The topological polar surface area (TPSA) is 39.1 Å². The molecule has 3 nitrogen and oxygen atoms in total. The number of hydrogen-bond acceptors (Lipinski definition) is 3. The van der Waals surface area contributed by atoms with Crippen LogP contribution in [-0.2, 0) is 0 Å². The van der Waals surface area contributed by atoms with Crippen molar-refractivity contribution in [2.24, 2.45) is 5.41 Å². The Labute approximate surface area is 106 Å². The second-order valence-corrected chi connectivity index (χ2v) is 6.01. The summed E-state index contributed by atoms with van der Waals surface area (Å²) in [6, 6.07) is 3.04. The Balaban J connectivity index is 2.12. The highest BCUT2D eigenvalue weighted by Crippen LogP contribution is 2.20. The van der Waals surface area contributed by atoms with Crippen molar-refractivity contribution in [3.63, 3.8) is 0 Å². The molecule has 1 atom stereocenters. The van der Waals surface area contributed by atoms with Gasteiger partial charge in [0.25, 0.3) is 0 Å². The zero-order valence-electron chi connectivity index (χ0n) is 11.6. The van der Waals surface area contributed by atoms with Crippen LogP contribution in [-0.4, -0.2) is 37.6 Å². The summed E-state index contributed by atoms with van der Waals surface area (Å²) in [5.41, 5.74) is -0.163. The lowest BCUT2D eigenvalue weighted by molar-refractivity contribution is 0.250. The van der Waals surface area contributed by atoms with Crippen molar-refractivity contribution in [3.8, 4) is 6.07 Å². The number of hydrogen-bond donors (Lipinski definition) is 1. The number of nitriles is 1. The minimum Gasteiger partial charge on any atom is -0.313 e. The number of piperidine rings is 1. The Morgan fingerprint density at radius 2 is 2.18 bits per heavy atom. The maximum absolute atomic E-state index is 8.95. The second-order valence-electron chi connectivity index (χ2n) is 6.01. The molecule has 98 valence electrons. The summed E-state index contributed by atoms with van der Waals surface area (Å²) in [6.07, 6.45) is 6.12. The smallest absolute Gasteiger partial charge is 0.0683 e. The standard InChI is InChI=1S/C14H27N3/c1-14(2,12-15)8-6-10-17(3)11-13-7-4-5-9-16-13/h13,16H,4-11H2,1-3H3. The Morgan fingerprint density at radius 1 is 1.41 bits per heavy atom. The van der Waals surface area contributed by atoms with E-state index in [1.807, 2.05) is 13.8 Å². The Morgan fingerprint density at radius 3 is 2.76 bits per heavy atom. The van der Waals surface area contributed by atoms with E-state index in [4.69, 9.17) is 5.26 Å². The van der Waals surface area contributed by atoms with Crippen LogP contribution in [0.3, 0.4) is 0 Å². The molecule has 3 heteroatoms. The van der Waals surface area contributed by atoms with Crippen molar-refractivity contribution < 1.29 is 0 Å². The first-order valence-electron chi connectivity index (χ1n) is 6.87. The van der Waals surface area contributed by atoms with Crippen LogP contribution in [0.25, 0.3) is 0 Å². The molecule has 0 aromatic heterocycles. The lowest BCUT2D eigenvalue weighted by Crippen LogP contribution is -2.42. The molecule has 0 amide bonds. The molecule has 0 spiro atoms. The van der Waals surface area contributed by atoms with E-state index in [2.05, 4.69) is 23.3 Å². The fourth-order valence-corrected chi connectivity index (χ4v) is 2.39. The molecule has 1 aliphatic rings. The van der Waals surface area contributed by atoms with Crippen molar-refractivity contribution in [2.45, 2.75) is 52.0 Å². The molecule has 0 aromatic rings. The lowest BCUT2D eigenvalue weighted by Gasteiger charge is -2.28. The van der Waals surface area contributed by atoms with Crippen molar-refractivity contribution in [2.75, 3.05) is 26.7 Å². The molecular weight excluding hydrogens is 210 g/mol. The molecule has 17 heavy (non-hydrogen) atoms. The molecule has 0 aromatic carbocycles. The van der Waals surface area contributed by atoms with Gasteiger partial charge in [0, 0.05) is 12.6 Å².